The predicted molar refractivity (Wildman–Crippen MR) is 56.3 cm³/mol. The van der Waals surface area contributed by atoms with Gasteiger partial charge in [-0.2, -0.15) is 5.10 Å². The fourth-order valence-electron chi connectivity index (χ4n) is 3.21. The minimum Gasteiger partial charge on any atom is -0.382 e. The van der Waals surface area contributed by atoms with Crippen LogP contribution in [0, 0.1) is 0 Å². The fourth-order valence-corrected chi connectivity index (χ4v) is 3.21. The molecule has 1 aromatic rings. The Hall–Kier alpha value is -0.870. The molecule has 1 N–H and O–H groups in total. The normalized spacial score (nSPS) is 36.0. The van der Waals surface area contributed by atoms with Gasteiger partial charge in [0, 0.05) is 25.8 Å². The van der Waals surface area contributed by atoms with Gasteiger partial charge in [-0.1, -0.05) is 0 Å². The van der Waals surface area contributed by atoms with Crippen LogP contribution in [0.25, 0.3) is 0 Å². The van der Waals surface area contributed by atoms with E-state index >= 15 is 0 Å². The molecule has 2 unspecified atom stereocenters. The van der Waals surface area contributed by atoms with Crippen LogP contribution in [0.5, 0.6) is 0 Å². The van der Waals surface area contributed by atoms with E-state index in [1.807, 2.05) is 17.8 Å². The molecule has 0 saturated carbocycles. The third kappa shape index (κ3) is 1.18. The highest BCUT2D eigenvalue weighted by Crippen LogP contribution is 2.42. The van der Waals surface area contributed by atoms with Crippen molar-refractivity contribution in [1.82, 2.24) is 14.7 Å². The molecule has 0 aliphatic carbocycles. The number of fused-ring (bicyclic) bond motifs is 1. The molecule has 4 heteroatoms. The summed E-state index contributed by atoms with van der Waals surface area (Å²) >= 11 is 0. The summed E-state index contributed by atoms with van der Waals surface area (Å²) in [4.78, 5) is 2.41. The molecule has 82 valence electrons. The van der Waals surface area contributed by atoms with E-state index in [-0.39, 0.29) is 0 Å². The largest absolute Gasteiger partial charge is 0.382 e. The van der Waals surface area contributed by atoms with Crippen molar-refractivity contribution in [2.24, 2.45) is 7.05 Å². The summed E-state index contributed by atoms with van der Waals surface area (Å²) in [6.45, 7) is 2.16. The van der Waals surface area contributed by atoms with E-state index in [1.54, 1.807) is 6.20 Å². The molecular weight excluding hydrogens is 190 g/mol. The summed E-state index contributed by atoms with van der Waals surface area (Å²) in [5, 5.41) is 15.0. The molecule has 3 rings (SSSR count). The van der Waals surface area contributed by atoms with E-state index in [9.17, 15) is 5.11 Å². The molecule has 0 bridgehead atoms. The van der Waals surface area contributed by atoms with E-state index in [0.717, 1.165) is 31.6 Å². The smallest absolute Gasteiger partial charge is 0.123 e. The highest BCUT2D eigenvalue weighted by Gasteiger charge is 2.50. The standard InChI is InChI=1S/C11H17N3O/c1-13-9(4-6-12-13)11(15)5-8-14-7-2-3-10(11)14/h4,6,10,15H,2-3,5,7-8H2,1H3. The first-order valence-electron chi connectivity index (χ1n) is 5.67. The molecule has 15 heavy (non-hydrogen) atoms. The average molecular weight is 207 g/mol. The zero-order valence-electron chi connectivity index (χ0n) is 9.06. The van der Waals surface area contributed by atoms with Crippen molar-refractivity contribution in [3.63, 3.8) is 0 Å². The van der Waals surface area contributed by atoms with Gasteiger partial charge in [0.15, 0.2) is 0 Å². The average Bonchev–Trinajstić information content (AvgIpc) is 2.85. The summed E-state index contributed by atoms with van der Waals surface area (Å²) in [6.07, 6.45) is 4.94. The monoisotopic (exact) mass is 207 g/mol. The van der Waals surface area contributed by atoms with E-state index in [0.29, 0.717) is 6.04 Å². The zero-order valence-corrected chi connectivity index (χ0v) is 9.06. The lowest BCUT2D eigenvalue weighted by Gasteiger charge is -2.29. The second-order valence-electron chi connectivity index (χ2n) is 4.71. The molecule has 2 atom stereocenters. The molecule has 2 fully saturated rings. The predicted octanol–water partition coefficient (Wildman–Crippen LogP) is 0.476. The molecule has 0 spiro atoms. The first-order valence-corrected chi connectivity index (χ1v) is 5.67. The summed E-state index contributed by atoms with van der Waals surface area (Å²) in [5.41, 5.74) is 0.304. The third-order valence-electron chi connectivity index (χ3n) is 3.96. The topological polar surface area (TPSA) is 41.3 Å². The van der Waals surface area contributed by atoms with Crippen LogP contribution in [0.1, 0.15) is 25.0 Å². The zero-order chi connectivity index (χ0) is 10.5. The van der Waals surface area contributed by atoms with Gasteiger partial charge in [-0.15, -0.1) is 0 Å². The summed E-state index contributed by atoms with van der Waals surface area (Å²) in [7, 11) is 1.91. The van der Waals surface area contributed by atoms with E-state index in [4.69, 9.17) is 0 Å². The number of aryl methyl sites for hydroxylation is 1. The maximum Gasteiger partial charge on any atom is 0.123 e. The first kappa shape index (κ1) is 9.36. The van der Waals surface area contributed by atoms with Gasteiger partial charge in [-0.25, -0.2) is 0 Å². The number of aromatic nitrogens is 2. The van der Waals surface area contributed by atoms with Gasteiger partial charge in [-0.05, 0) is 31.9 Å². The Bertz CT molecular complexity index is 376. The molecule has 2 aliphatic rings. The van der Waals surface area contributed by atoms with Crippen molar-refractivity contribution in [2.75, 3.05) is 13.1 Å². The molecule has 2 aliphatic heterocycles. The maximum absolute atomic E-state index is 10.8. The van der Waals surface area contributed by atoms with Gasteiger partial charge in [0.05, 0.1) is 5.69 Å². The third-order valence-corrected chi connectivity index (χ3v) is 3.96. The van der Waals surface area contributed by atoms with Gasteiger partial charge >= 0.3 is 0 Å². The summed E-state index contributed by atoms with van der Waals surface area (Å²) in [5.74, 6) is 0. The number of rotatable bonds is 1. The number of aliphatic hydroxyl groups is 1. The Labute approximate surface area is 89.5 Å². The molecular formula is C11H17N3O. The second kappa shape index (κ2) is 3.06. The van der Waals surface area contributed by atoms with Crippen molar-refractivity contribution in [3.05, 3.63) is 18.0 Å². The van der Waals surface area contributed by atoms with Crippen LogP contribution in [-0.2, 0) is 12.6 Å². The molecule has 0 aromatic carbocycles. The van der Waals surface area contributed by atoms with Crippen LogP contribution in [0.4, 0.5) is 0 Å². The van der Waals surface area contributed by atoms with Crippen LogP contribution in [0.3, 0.4) is 0 Å². The van der Waals surface area contributed by atoms with Gasteiger partial charge in [0.25, 0.3) is 0 Å². The number of hydrogen-bond acceptors (Lipinski definition) is 3. The minimum atomic E-state index is -0.665. The van der Waals surface area contributed by atoms with Crippen molar-refractivity contribution in [1.29, 1.82) is 0 Å². The molecule has 0 amide bonds. The SMILES string of the molecule is Cn1nccc1C1(O)CCN2CCCC21. The maximum atomic E-state index is 10.8. The van der Waals surface area contributed by atoms with Gasteiger partial charge in [0.1, 0.15) is 5.60 Å². The fraction of sp³-hybridized carbons (Fsp3) is 0.727. The highest BCUT2D eigenvalue weighted by atomic mass is 16.3. The van der Waals surface area contributed by atoms with Crippen LogP contribution in [-0.4, -0.2) is 38.9 Å². The molecule has 4 nitrogen and oxygen atoms in total. The van der Waals surface area contributed by atoms with Crippen LogP contribution in [0.15, 0.2) is 12.3 Å². The van der Waals surface area contributed by atoms with Crippen molar-refractivity contribution < 1.29 is 5.11 Å². The minimum absolute atomic E-state index is 0.313. The van der Waals surface area contributed by atoms with E-state index in [1.165, 1.54) is 6.42 Å². The van der Waals surface area contributed by atoms with Gasteiger partial charge < -0.3 is 5.11 Å². The Morgan fingerprint density at radius 1 is 1.53 bits per heavy atom. The van der Waals surface area contributed by atoms with Gasteiger partial charge in [-0.3, -0.25) is 9.58 Å². The summed E-state index contributed by atoms with van der Waals surface area (Å²) < 4.78 is 1.81. The highest BCUT2D eigenvalue weighted by molar-refractivity contribution is 5.19. The van der Waals surface area contributed by atoms with Crippen LogP contribution < -0.4 is 0 Å². The second-order valence-corrected chi connectivity index (χ2v) is 4.71. The van der Waals surface area contributed by atoms with Crippen LogP contribution in [0.2, 0.25) is 0 Å². The Balaban J connectivity index is 2.00. The van der Waals surface area contributed by atoms with Crippen molar-refractivity contribution in [2.45, 2.75) is 30.9 Å². The Kier molecular flexibility index (Phi) is 1.91. The first-order chi connectivity index (χ1) is 7.22. The molecule has 3 heterocycles. The molecule has 0 radical (unpaired) electrons. The lowest BCUT2D eigenvalue weighted by Crippen LogP contribution is -2.40. The number of nitrogens with zero attached hydrogens (tertiary/aromatic N) is 3. The Morgan fingerprint density at radius 2 is 2.40 bits per heavy atom. The lowest BCUT2D eigenvalue weighted by atomic mass is 9.89. The summed E-state index contributed by atoms with van der Waals surface area (Å²) in [6, 6.07) is 2.26. The molecule has 2 saturated heterocycles. The van der Waals surface area contributed by atoms with Crippen molar-refractivity contribution >= 4 is 0 Å². The van der Waals surface area contributed by atoms with Crippen LogP contribution >= 0.6 is 0 Å². The number of hydrogen-bond donors (Lipinski definition) is 1. The van der Waals surface area contributed by atoms with E-state index in [2.05, 4.69) is 10.00 Å². The van der Waals surface area contributed by atoms with E-state index < -0.39 is 5.60 Å². The van der Waals surface area contributed by atoms with Gasteiger partial charge in [0.2, 0.25) is 0 Å². The lowest BCUT2D eigenvalue weighted by molar-refractivity contribution is 0.00202. The Morgan fingerprint density at radius 3 is 3.13 bits per heavy atom. The van der Waals surface area contributed by atoms with Crippen molar-refractivity contribution in [3.8, 4) is 0 Å². The molecule has 1 aromatic heterocycles. The quantitative estimate of drug-likeness (QED) is 0.728.